The van der Waals surface area contributed by atoms with Crippen LogP contribution in [0.4, 0.5) is 0 Å². The lowest BCUT2D eigenvalue weighted by Gasteiger charge is -2.10. The monoisotopic (exact) mass is 130 g/mol. The Kier molecular flexibility index (Phi) is 1.71. The highest BCUT2D eigenvalue weighted by atomic mass is 16.7. The zero-order chi connectivity index (χ0) is 6.85. The highest BCUT2D eigenvalue weighted by Gasteiger charge is 2.26. The first-order chi connectivity index (χ1) is 4.20. The van der Waals surface area contributed by atoms with Crippen molar-refractivity contribution in [2.24, 2.45) is 5.92 Å². The van der Waals surface area contributed by atoms with Gasteiger partial charge >= 0.3 is 5.97 Å². The standard InChI is InChI=1S/C6H10O3/c1-4(2)6-8-3-5(7)9-6/h4,6H,3H2,1-2H3. The molecule has 9 heavy (non-hydrogen) atoms. The minimum absolute atomic E-state index is 0.114. The van der Waals surface area contributed by atoms with Crippen LogP contribution in [0.25, 0.3) is 0 Å². The molecule has 1 heterocycles. The van der Waals surface area contributed by atoms with Crippen LogP contribution in [0.1, 0.15) is 13.8 Å². The van der Waals surface area contributed by atoms with E-state index in [2.05, 4.69) is 0 Å². The normalized spacial score (nSPS) is 27.0. The molecule has 0 amide bonds. The highest BCUT2D eigenvalue weighted by Crippen LogP contribution is 2.13. The van der Waals surface area contributed by atoms with Gasteiger partial charge in [0.25, 0.3) is 0 Å². The second-order valence-electron chi connectivity index (χ2n) is 2.41. The van der Waals surface area contributed by atoms with Crippen LogP contribution in [0.3, 0.4) is 0 Å². The summed E-state index contributed by atoms with van der Waals surface area (Å²) in [6.45, 7) is 4.01. The van der Waals surface area contributed by atoms with Crippen molar-refractivity contribution < 1.29 is 14.3 Å². The fourth-order valence-electron chi connectivity index (χ4n) is 0.676. The summed E-state index contributed by atoms with van der Waals surface area (Å²) in [6, 6.07) is 0. The Balaban J connectivity index is 2.39. The lowest BCUT2D eigenvalue weighted by atomic mass is 10.2. The molecular weight excluding hydrogens is 120 g/mol. The zero-order valence-electron chi connectivity index (χ0n) is 5.59. The van der Waals surface area contributed by atoms with Gasteiger partial charge in [0.2, 0.25) is 6.29 Å². The van der Waals surface area contributed by atoms with Crippen LogP contribution >= 0.6 is 0 Å². The number of hydrogen-bond donors (Lipinski definition) is 0. The van der Waals surface area contributed by atoms with Gasteiger partial charge in [-0.2, -0.15) is 0 Å². The Morgan fingerprint density at radius 2 is 2.33 bits per heavy atom. The molecule has 0 aliphatic carbocycles. The number of carbonyl (C=O) groups excluding carboxylic acids is 1. The number of hydrogen-bond acceptors (Lipinski definition) is 3. The van der Waals surface area contributed by atoms with E-state index in [0.29, 0.717) is 0 Å². The van der Waals surface area contributed by atoms with Crippen LogP contribution < -0.4 is 0 Å². The van der Waals surface area contributed by atoms with Crippen LogP contribution in [0.5, 0.6) is 0 Å². The van der Waals surface area contributed by atoms with Gasteiger partial charge in [-0.15, -0.1) is 0 Å². The third-order valence-corrected chi connectivity index (χ3v) is 1.16. The fraction of sp³-hybridized carbons (Fsp3) is 0.833. The molecule has 0 bridgehead atoms. The van der Waals surface area contributed by atoms with Crippen molar-refractivity contribution in [1.29, 1.82) is 0 Å². The second-order valence-corrected chi connectivity index (χ2v) is 2.41. The van der Waals surface area contributed by atoms with E-state index in [-0.39, 0.29) is 24.8 Å². The van der Waals surface area contributed by atoms with Gasteiger partial charge in [-0.25, -0.2) is 4.79 Å². The van der Waals surface area contributed by atoms with Crippen molar-refractivity contribution in [3.05, 3.63) is 0 Å². The summed E-state index contributed by atoms with van der Waals surface area (Å²) in [5.74, 6) is 0.00477. The van der Waals surface area contributed by atoms with Crippen molar-refractivity contribution in [2.45, 2.75) is 20.1 Å². The van der Waals surface area contributed by atoms with Gasteiger partial charge in [0.05, 0.1) is 0 Å². The molecule has 3 nitrogen and oxygen atoms in total. The first kappa shape index (κ1) is 6.55. The van der Waals surface area contributed by atoms with Crippen LogP contribution in [0.2, 0.25) is 0 Å². The molecule has 1 rings (SSSR count). The first-order valence-corrected chi connectivity index (χ1v) is 3.01. The fourth-order valence-corrected chi connectivity index (χ4v) is 0.676. The van der Waals surface area contributed by atoms with Crippen molar-refractivity contribution in [2.75, 3.05) is 6.61 Å². The van der Waals surface area contributed by atoms with Crippen LogP contribution in [-0.2, 0) is 14.3 Å². The molecule has 1 aliphatic heterocycles. The molecule has 1 atom stereocenters. The number of cyclic esters (lactones) is 1. The molecule has 0 aromatic heterocycles. The maximum atomic E-state index is 10.4. The molecular formula is C6H10O3. The van der Waals surface area contributed by atoms with Crippen LogP contribution in [0.15, 0.2) is 0 Å². The third-order valence-electron chi connectivity index (χ3n) is 1.16. The van der Waals surface area contributed by atoms with Gasteiger partial charge in [-0.05, 0) is 0 Å². The van der Waals surface area contributed by atoms with E-state index >= 15 is 0 Å². The Labute approximate surface area is 53.9 Å². The van der Waals surface area contributed by atoms with E-state index in [1.807, 2.05) is 13.8 Å². The number of ether oxygens (including phenoxy) is 2. The topological polar surface area (TPSA) is 35.5 Å². The third kappa shape index (κ3) is 1.42. The minimum atomic E-state index is -0.308. The smallest absolute Gasteiger partial charge is 0.334 e. The lowest BCUT2D eigenvalue weighted by Crippen LogP contribution is -2.15. The van der Waals surface area contributed by atoms with Gasteiger partial charge < -0.3 is 9.47 Å². The van der Waals surface area contributed by atoms with E-state index in [9.17, 15) is 4.79 Å². The molecule has 0 radical (unpaired) electrons. The summed E-state index contributed by atoms with van der Waals surface area (Å²) in [4.78, 5) is 10.4. The molecule has 1 aliphatic rings. The highest BCUT2D eigenvalue weighted by molar-refractivity contribution is 5.72. The Morgan fingerprint density at radius 3 is 2.56 bits per heavy atom. The van der Waals surface area contributed by atoms with Gasteiger partial charge in [0, 0.05) is 5.92 Å². The van der Waals surface area contributed by atoms with Gasteiger partial charge in [0.1, 0.15) is 6.61 Å². The number of carbonyl (C=O) groups is 1. The van der Waals surface area contributed by atoms with Crippen molar-refractivity contribution >= 4 is 5.97 Å². The quantitative estimate of drug-likeness (QED) is 0.486. The maximum Gasteiger partial charge on any atom is 0.334 e. The summed E-state index contributed by atoms with van der Waals surface area (Å²) in [5, 5.41) is 0. The Morgan fingerprint density at radius 1 is 1.67 bits per heavy atom. The van der Waals surface area contributed by atoms with Crippen LogP contribution in [-0.4, -0.2) is 18.9 Å². The minimum Gasteiger partial charge on any atom is -0.434 e. The summed E-state index contributed by atoms with van der Waals surface area (Å²) in [6.07, 6.45) is -0.308. The van der Waals surface area contributed by atoms with Gasteiger partial charge in [-0.3, -0.25) is 0 Å². The molecule has 0 spiro atoms. The van der Waals surface area contributed by atoms with E-state index in [1.165, 1.54) is 0 Å². The summed E-state index contributed by atoms with van der Waals surface area (Å²) in [7, 11) is 0. The van der Waals surface area contributed by atoms with E-state index in [1.54, 1.807) is 0 Å². The predicted octanol–water partition coefficient (Wildman–Crippen LogP) is 0.542. The van der Waals surface area contributed by atoms with Gasteiger partial charge in [0.15, 0.2) is 0 Å². The number of rotatable bonds is 1. The first-order valence-electron chi connectivity index (χ1n) is 3.01. The van der Waals surface area contributed by atoms with Crippen LogP contribution in [0, 0.1) is 5.92 Å². The Hall–Kier alpha value is -0.570. The molecule has 1 fully saturated rings. The maximum absolute atomic E-state index is 10.4. The molecule has 52 valence electrons. The average molecular weight is 130 g/mol. The summed E-state index contributed by atoms with van der Waals surface area (Å²) < 4.78 is 9.72. The molecule has 0 N–H and O–H groups in total. The van der Waals surface area contributed by atoms with E-state index in [0.717, 1.165) is 0 Å². The summed E-state index contributed by atoms with van der Waals surface area (Å²) >= 11 is 0. The van der Waals surface area contributed by atoms with Crippen molar-refractivity contribution in [1.82, 2.24) is 0 Å². The Bertz CT molecular complexity index is 119. The predicted molar refractivity (Wildman–Crippen MR) is 30.7 cm³/mol. The van der Waals surface area contributed by atoms with Crippen molar-refractivity contribution in [3.8, 4) is 0 Å². The lowest BCUT2D eigenvalue weighted by molar-refractivity contribution is -0.146. The molecule has 3 heteroatoms. The molecule has 1 saturated heterocycles. The van der Waals surface area contributed by atoms with Gasteiger partial charge in [-0.1, -0.05) is 13.8 Å². The second kappa shape index (κ2) is 2.35. The van der Waals surface area contributed by atoms with Crippen molar-refractivity contribution in [3.63, 3.8) is 0 Å². The largest absolute Gasteiger partial charge is 0.434 e. The average Bonchev–Trinajstić information content (AvgIpc) is 2.14. The SMILES string of the molecule is CC(C)C1OCC(=O)O1. The molecule has 0 aromatic carbocycles. The molecule has 1 unspecified atom stereocenters. The van der Waals surface area contributed by atoms with E-state index in [4.69, 9.17) is 9.47 Å². The zero-order valence-corrected chi connectivity index (χ0v) is 5.59. The molecule has 0 aromatic rings. The molecule has 0 saturated carbocycles. The number of esters is 1. The van der Waals surface area contributed by atoms with E-state index < -0.39 is 0 Å². The summed E-state index contributed by atoms with van der Waals surface area (Å²) in [5.41, 5.74) is 0.